The van der Waals surface area contributed by atoms with Gasteiger partial charge in [-0.2, -0.15) is 10.1 Å². The minimum Gasteiger partial charge on any atom is -0.338 e. The molecule has 74 valence electrons. The van der Waals surface area contributed by atoms with Crippen molar-refractivity contribution in [1.29, 1.82) is 0 Å². The van der Waals surface area contributed by atoms with E-state index in [1.807, 2.05) is 13.0 Å². The van der Waals surface area contributed by atoms with E-state index in [9.17, 15) is 0 Å². The lowest BCUT2D eigenvalue weighted by atomic mass is 10.5. The van der Waals surface area contributed by atoms with Crippen LogP contribution in [-0.4, -0.2) is 19.9 Å². The number of aromatic nitrogens is 4. The maximum atomic E-state index is 5.35. The van der Waals surface area contributed by atoms with Crippen molar-refractivity contribution in [3.8, 4) is 0 Å². The highest BCUT2D eigenvalue weighted by atomic mass is 16.5. The van der Waals surface area contributed by atoms with Crippen molar-refractivity contribution >= 4 is 0 Å². The van der Waals surface area contributed by atoms with Gasteiger partial charge in [0.2, 0.25) is 5.89 Å². The lowest BCUT2D eigenvalue weighted by molar-refractivity contribution is 0.372. The molecule has 0 unspecified atom stereocenters. The summed E-state index contributed by atoms with van der Waals surface area (Å²) < 4.78 is 6.67. The van der Waals surface area contributed by atoms with Gasteiger partial charge >= 0.3 is 0 Å². The third-order valence-corrected chi connectivity index (χ3v) is 1.90. The van der Waals surface area contributed by atoms with E-state index in [-0.39, 0.29) is 6.54 Å². The maximum Gasteiger partial charge on any atom is 0.240 e. The van der Waals surface area contributed by atoms with Crippen molar-refractivity contribution < 1.29 is 4.52 Å². The Morgan fingerprint density at radius 2 is 2.43 bits per heavy atom. The Kier molecular flexibility index (Phi) is 2.28. The lowest BCUT2D eigenvalue weighted by Crippen LogP contribution is -2.05. The molecule has 0 aliphatic carbocycles. The Morgan fingerprint density at radius 1 is 1.57 bits per heavy atom. The van der Waals surface area contributed by atoms with Crippen LogP contribution in [0.4, 0.5) is 0 Å². The summed E-state index contributed by atoms with van der Waals surface area (Å²) in [5.74, 6) is 1.04. The fraction of sp³-hybridized carbons (Fsp3) is 0.375. The molecule has 0 saturated carbocycles. The van der Waals surface area contributed by atoms with Gasteiger partial charge in [0.15, 0.2) is 5.82 Å². The van der Waals surface area contributed by atoms with Gasteiger partial charge in [0, 0.05) is 11.9 Å². The molecule has 0 saturated heterocycles. The first-order chi connectivity index (χ1) is 6.79. The standard InChI is InChI=1S/C8H11N5O/c1-6-2-3-10-13(6)5-7-11-8(4-9)14-12-7/h2-3H,4-5,9H2,1H3. The molecular weight excluding hydrogens is 182 g/mol. The zero-order valence-corrected chi connectivity index (χ0v) is 7.84. The van der Waals surface area contributed by atoms with Gasteiger partial charge in [-0.05, 0) is 13.0 Å². The quantitative estimate of drug-likeness (QED) is 0.746. The lowest BCUT2D eigenvalue weighted by Gasteiger charge is -1.98. The van der Waals surface area contributed by atoms with Crippen molar-refractivity contribution in [2.45, 2.75) is 20.0 Å². The highest BCUT2D eigenvalue weighted by molar-refractivity contribution is 4.99. The van der Waals surface area contributed by atoms with Crippen LogP contribution < -0.4 is 5.73 Å². The molecule has 0 aliphatic rings. The van der Waals surface area contributed by atoms with Gasteiger partial charge in [-0.3, -0.25) is 4.68 Å². The predicted molar refractivity (Wildman–Crippen MR) is 48.3 cm³/mol. The molecule has 2 N–H and O–H groups in total. The van der Waals surface area contributed by atoms with Gasteiger partial charge in [-0.25, -0.2) is 0 Å². The second kappa shape index (κ2) is 3.59. The monoisotopic (exact) mass is 193 g/mol. The number of hydrogen-bond donors (Lipinski definition) is 1. The Balaban J connectivity index is 2.15. The zero-order valence-electron chi connectivity index (χ0n) is 7.84. The van der Waals surface area contributed by atoms with E-state index in [1.165, 1.54) is 0 Å². The van der Waals surface area contributed by atoms with E-state index in [1.54, 1.807) is 10.9 Å². The van der Waals surface area contributed by atoms with E-state index >= 15 is 0 Å². The largest absolute Gasteiger partial charge is 0.338 e. The second-order valence-corrected chi connectivity index (χ2v) is 2.94. The maximum absolute atomic E-state index is 5.35. The van der Waals surface area contributed by atoms with Gasteiger partial charge in [0.05, 0.1) is 6.54 Å². The third-order valence-electron chi connectivity index (χ3n) is 1.90. The minimum atomic E-state index is 0.269. The molecule has 0 spiro atoms. The number of nitrogens with zero attached hydrogens (tertiary/aromatic N) is 4. The molecule has 2 aromatic rings. The zero-order chi connectivity index (χ0) is 9.97. The number of hydrogen-bond acceptors (Lipinski definition) is 5. The summed E-state index contributed by atoms with van der Waals surface area (Å²) in [6, 6.07) is 1.92. The normalized spacial score (nSPS) is 10.7. The van der Waals surface area contributed by atoms with Crippen LogP contribution in [-0.2, 0) is 13.1 Å². The second-order valence-electron chi connectivity index (χ2n) is 2.94. The first-order valence-corrected chi connectivity index (χ1v) is 4.29. The van der Waals surface area contributed by atoms with E-state index in [0.717, 1.165) is 5.69 Å². The van der Waals surface area contributed by atoms with Gasteiger partial charge in [0.1, 0.15) is 6.54 Å². The molecule has 14 heavy (non-hydrogen) atoms. The van der Waals surface area contributed by atoms with E-state index in [4.69, 9.17) is 10.3 Å². The first kappa shape index (κ1) is 8.89. The van der Waals surface area contributed by atoms with Crippen LogP contribution in [0.25, 0.3) is 0 Å². The Bertz CT molecular complexity index is 419. The molecule has 0 aromatic carbocycles. The highest BCUT2D eigenvalue weighted by Crippen LogP contribution is 2.01. The van der Waals surface area contributed by atoms with Crippen molar-refractivity contribution in [2.24, 2.45) is 5.73 Å². The van der Waals surface area contributed by atoms with Gasteiger partial charge in [-0.1, -0.05) is 5.16 Å². The van der Waals surface area contributed by atoms with Crippen LogP contribution in [0.2, 0.25) is 0 Å². The molecule has 0 aliphatic heterocycles. The van der Waals surface area contributed by atoms with Crippen LogP contribution in [0.15, 0.2) is 16.8 Å². The average molecular weight is 193 g/mol. The number of nitrogens with two attached hydrogens (primary N) is 1. The van der Waals surface area contributed by atoms with E-state index < -0.39 is 0 Å². The Labute approximate surface area is 80.7 Å². The van der Waals surface area contributed by atoms with Crippen molar-refractivity contribution in [3.05, 3.63) is 29.7 Å². The fourth-order valence-electron chi connectivity index (χ4n) is 1.14. The highest BCUT2D eigenvalue weighted by Gasteiger charge is 2.06. The summed E-state index contributed by atoms with van der Waals surface area (Å²) in [6.07, 6.45) is 1.74. The molecule has 6 heteroatoms. The molecule has 2 heterocycles. The van der Waals surface area contributed by atoms with Crippen LogP contribution >= 0.6 is 0 Å². The van der Waals surface area contributed by atoms with E-state index in [0.29, 0.717) is 18.3 Å². The van der Waals surface area contributed by atoms with E-state index in [2.05, 4.69) is 15.2 Å². The van der Waals surface area contributed by atoms with Crippen molar-refractivity contribution in [3.63, 3.8) is 0 Å². The van der Waals surface area contributed by atoms with Crippen LogP contribution in [0.3, 0.4) is 0 Å². The molecule has 0 amide bonds. The predicted octanol–water partition coefficient (Wildman–Crippen LogP) is 0.0815. The van der Waals surface area contributed by atoms with Crippen molar-refractivity contribution in [1.82, 2.24) is 19.9 Å². The summed E-state index contributed by atoms with van der Waals surface area (Å²) in [4.78, 5) is 4.08. The molecule has 0 fully saturated rings. The molecule has 0 atom stereocenters. The van der Waals surface area contributed by atoms with Gasteiger partial charge in [-0.15, -0.1) is 0 Å². The fourth-order valence-corrected chi connectivity index (χ4v) is 1.14. The number of rotatable bonds is 3. The smallest absolute Gasteiger partial charge is 0.240 e. The molecule has 0 bridgehead atoms. The summed E-state index contributed by atoms with van der Waals surface area (Å²) in [5, 5.41) is 7.89. The Morgan fingerprint density at radius 3 is 3.00 bits per heavy atom. The molecule has 0 radical (unpaired) electrons. The third kappa shape index (κ3) is 1.64. The summed E-state index contributed by atoms with van der Waals surface area (Å²) in [7, 11) is 0. The molecule has 2 rings (SSSR count). The van der Waals surface area contributed by atoms with Crippen LogP contribution in [0.5, 0.6) is 0 Å². The molecular formula is C8H11N5O. The number of aryl methyl sites for hydroxylation is 1. The summed E-state index contributed by atoms with van der Waals surface area (Å²) in [5.41, 5.74) is 6.41. The average Bonchev–Trinajstić information content (AvgIpc) is 2.77. The Hall–Kier alpha value is -1.69. The molecule has 2 aromatic heterocycles. The minimum absolute atomic E-state index is 0.269. The van der Waals surface area contributed by atoms with Crippen molar-refractivity contribution in [2.75, 3.05) is 0 Å². The SMILES string of the molecule is Cc1ccnn1Cc1noc(CN)n1. The topological polar surface area (TPSA) is 82.8 Å². The molecule has 6 nitrogen and oxygen atoms in total. The summed E-state index contributed by atoms with van der Waals surface area (Å²) in [6.45, 7) is 2.75. The van der Waals surface area contributed by atoms with Crippen LogP contribution in [0, 0.1) is 6.92 Å². The van der Waals surface area contributed by atoms with Gasteiger partial charge < -0.3 is 10.3 Å². The first-order valence-electron chi connectivity index (χ1n) is 4.29. The van der Waals surface area contributed by atoms with Crippen LogP contribution in [0.1, 0.15) is 17.4 Å². The summed E-state index contributed by atoms with van der Waals surface area (Å²) >= 11 is 0. The van der Waals surface area contributed by atoms with Gasteiger partial charge in [0.25, 0.3) is 0 Å².